The Labute approximate surface area is 122 Å². The van der Waals surface area contributed by atoms with Gasteiger partial charge < -0.3 is 5.32 Å². The lowest BCUT2D eigenvalue weighted by Crippen LogP contribution is -1.97. The van der Waals surface area contributed by atoms with Crippen molar-refractivity contribution in [1.29, 1.82) is 0 Å². The summed E-state index contributed by atoms with van der Waals surface area (Å²) in [5.74, 6) is 0.414. The van der Waals surface area contributed by atoms with Crippen LogP contribution in [0.2, 0.25) is 0 Å². The van der Waals surface area contributed by atoms with Crippen LogP contribution in [0, 0.1) is 6.92 Å². The topological polar surface area (TPSA) is 79.4 Å². The molecule has 21 heavy (non-hydrogen) atoms. The van der Waals surface area contributed by atoms with Crippen molar-refractivity contribution < 1.29 is 8.78 Å². The van der Waals surface area contributed by atoms with Gasteiger partial charge in [0.15, 0.2) is 5.13 Å². The number of H-pyrrole nitrogens is 1. The average Bonchev–Trinajstić information content (AvgIpc) is 3.06. The molecule has 2 N–H and O–H groups in total. The number of nitrogens with one attached hydrogen (secondary N) is 2. The minimum atomic E-state index is -2.62. The first-order valence-electron chi connectivity index (χ1n) is 5.97. The van der Waals surface area contributed by atoms with Gasteiger partial charge in [-0.25, -0.2) is 23.7 Å². The molecule has 0 aromatic carbocycles. The maximum Gasteiger partial charge on any atom is 0.280 e. The van der Waals surface area contributed by atoms with E-state index in [4.69, 9.17) is 0 Å². The van der Waals surface area contributed by atoms with Gasteiger partial charge in [-0.3, -0.25) is 5.10 Å². The fraction of sp³-hybridized carbons (Fsp3) is 0.167. The SMILES string of the molecule is Cc1ccnc(Nc2nc(-c3cn[nH]c3C(F)F)cs2)n1. The summed E-state index contributed by atoms with van der Waals surface area (Å²) in [6.45, 7) is 1.85. The number of aryl methyl sites for hydroxylation is 1. The van der Waals surface area contributed by atoms with Crippen molar-refractivity contribution in [3.05, 3.63) is 35.2 Å². The summed E-state index contributed by atoms with van der Waals surface area (Å²) in [6, 6.07) is 1.78. The summed E-state index contributed by atoms with van der Waals surface area (Å²) in [4.78, 5) is 12.5. The minimum absolute atomic E-state index is 0.237. The lowest BCUT2D eigenvalue weighted by molar-refractivity contribution is 0.146. The third-order valence-corrected chi connectivity index (χ3v) is 3.44. The van der Waals surface area contributed by atoms with Gasteiger partial charge in [0.05, 0.1) is 11.9 Å². The number of hydrogen-bond acceptors (Lipinski definition) is 6. The smallest absolute Gasteiger partial charge is 0.280 e. The molecule has 0 aliphatic carbocycles. The van der Waals surface area contributed by atoms with E-state index in [0.717, 1.165) is 5.69 Å². The minimum Gasteiger partial charge on any atom is -0.300 e. The summed E-state index contributed by atoms with van der Waals surface area (Å²) < 4.78 is 25.6. The molecule has 0 unspecified atom stereocenters. The van der Waals surface area contributed by atoms with E-state index < -0.39 is 6.43 Å². The molecule has 108 valence electrons. The summed E-state index contributed by atoms with van der Waals surface area (Å²) in [7, 11) is 0. The highest BCUT2D eigenvalue weighted by molar-refractivity contribution is 7.14. The van der Waals surface area contributed by atoms with Gasteiger partial charge in [-0.05, 0) is 13.0 Å². The van der Waals surface area contributed by atoms with E-state index in [9.17, 15) is 8.78 Å². The Morgan fingerprint density at radius 3 is 2.95 bits per heavy atom. The third-order valence-electron chi connectivity index (χ3n) is 2.68. The van der Waals surface area contributed by atoms with Crippen LogP contribution in [0.1, 0.15) is 17.8 Å². The Bertz CT molecular complexity index is 754. The highest BCUT2D eigenvalue weighted by Gasteiger charge is 2.18. The molecule has 0 bridgehead atoms. The van der Waals surface area contributed by atoms with E-state index in [1.54, 1.807) is 17.6 Å². The molecule has 0 radical (unpaired) electrons. The Morgan fingerprint density at radius 2 is 2.19 bits per heavy atom. The fourth-order valence-corrected chi connectivity index (χ4v) is 2.43. The van der Waals surface area contributed by atoms with E-state index in [1.165, 1.54) is 17.5 Å². The fourth-order valence-electron chi connectivity index (χ4n) is 1.73. The van der Waals surface area contributed by atoms with E-state index >= 15 is 0 Å². The van der Waals surface area contributed by atoms with Gasteiger partial charge in [-0.2, -0.15) is 5.10 Å². The van der Waals surface area contributed by atoms with Crippen LogP contribution in [0.3, 0.4) is 0 Å². The zero-order valence-corrected chi connectivity index (χ0v) is 11.7. The van der Waals surface area contributed by atoms with Crippen LogP contribution in [0.15, 0.2) is 23.8 Å². The average molecular weight is 308 g/mol. The second-order valence-electron chi connectivity index (χ2n) is 4.18. The summed E-state index contributed by atoms with van der Waals surface area (Å²) in [5, 5.41) is 11.1. The molecule has 3 heterocycles. The molecule has 0 aliphatic rings. The van der Waals surface area contributed by atoms with Gasteiger partial charge >= 0.3 is 0 Å². The summed E-state index contributed by atoms with van der Waals surface area (Å²) in [5.41, 5.74) is 1.30. The number of alkyl halides is 2. The van der Waals surface area contributed by atoms with Gasteiger partial charge in [-0.15, -0.1) is 11.3 Å². The van der Waals surface area contributed by atoms with Crippen molar-refractivity contribution in [2.24, 2.45) is 0 Å². The highest BCUT2D eigenvalue weighted by atomic mass is 32.1. The van der Waals surface area contributed by atoms with Crippen LogP contribution in [0.4, 0.5) is 19.9 Å². The molecule has 0 aliphatic heterocycles. The quantitative estimate of drug-likeness (QED) is 0.773. The zero-order chi connectivity index (χ0) is 14.8. The van der Waals surface area contributed by atoms with E-state index in [0.29, 0.717) is 22.3 Å². The molecular weight excluding hydrogens is 298 g/mol. The van der Waals surface area contributed by atoms with Gasteiger partial charge in [0.2, 0.25) is 5.95 Å². The maximum atomic E-state index is 12.8. The highest BCUT2D eigenvalue weighted by Crippen LogP contribution is 2.31. The number of nitrogens with zero attached hydrogens (tertiary/aromatic N) is 4. The number of hydrogen-bond donors (Lipinski definition) is 2. The first-order chi connectivity index (χ1) is 10.1. The molecule has 3 rings (SSSR count). The maximum absolute atomic E-state index is 12.8. The predicted octanol–water partition coefficient (Wildman–Crippen LogP) is 3.31. The van der Waals surface area contributed by atoms with E-state index in [1.807, 2.05) is 6.92 Å². The third kappa shape index (κ3) is 2.87. The molecular formula is C12H10F2N6S. The van der Waals surface area contributed by atoms with E-state index in [-0.39, 0.29) is 5.69 Å². The Kier molecular flexibility index (Phi) is 3.57. The molecule has 0 spiro atoms. The number of rotatable bonds is 4. The Morgan fingerprint density at radius 1 is 1.33 bits per heavy atom. The van der Waals surface area contributed by atoms with Gasteiger partial charge in [-0.1, -0.05) is 0 Å². The van der Waals surface area contributed by atoms with Crippen molar-refractivity contribution in [2.75, 3.05) is 5.32 Å². The largest absolute Gasteiger partial charge is 0.300 e. The number of aromatic nitrogens is 5. The molecule has 3 aromatic heterocycles. The molecule has 3 aromatic rings. The van der Waals surface area contributed by atoms with Crippen molar-refractivity contribution in [1.82, 2.24) is 25.1 Å². The molecule has 9 heteroatoms. The molecule has 0 amide bonds. The van der Waals surface area contributed by atoms with Crippen LogP contribution in [0.5, 0.6) is 0 Å². The molecule has 0 atom stereocenters. The van der Waals surface area contributed by atoms with Gasteiger partial charge in [0, 0.05) is 22.8 Å². The van der Waals surface area contributed by atoms with Crippen molar-refractivity contribution in [3.63, 3.8) is 0 Å². The number of anilines is 2. The normalized spacial score (nSPS) is 11.0. The molecule has 6 nitrogen and oxygen atoms in total. The second kappa shape index (κ2) is 5.52. The lowest BCUT2D eigenvalue weighted by atomic mass is 10.2. The number of thiazole rings is 1. The van der Waals surface area contributed by atoms with Crippen molar-refractivity contribution in [2.45, 2.75) is 13.3 Å². The van der Waals surface area contributed by atoms with Crippen molar-refractivity contribution in [3.8, 4) is 11.3 Å². The predicted molar refractivity (Wildman–Crippen MR) is 74.7 cm³/mol. The molecule has 0 saturated carbocycles. The van der Waals surface area contributed by atoms with Crippen LogP contribution in [-0.2, 0) is 0 Å². The molecule has 0 fully saturated rings. The first kappa shape index (κ1) is 13.6. The van der Waals surface area contributed by atoms with E-state index in [2.05, 4.69) is 30.5 Å². The monoisotopic (exact) mass is 308 g/mol. The van der Waals surface area contributed by atoms with Crippen LogP contribution < -0.4 is 5.32 Å². The molecule has 0 saturated heterocycles. The van der Waals surface area contributed by atoms with Gasteiger partial charge in [0.1, 0.15) is 5.69 Å². The van der Waals surface area contributed by atoms with Crippen LogP contribution >= 0.6 is 11.3 Å². The second-order valence-corrected chi connectivity index (χ2v) is 5.04. The number of aromatic amines is 1. The first-order valence-corrected chi connectivity index (χ1v) is 6.85. The van der Waals surface area contributed by atoms with Gasteiger partial charge in [0.25, 0.3) is 6.43 Å². The summed E-state index contributed by atoms with van der Waals surface area (Å²) in [6.07, 6.45) is 0.342. The van der Waals surface area contributed by atoms with Crippen LogP contribution in [-0.4, -0.2) is 25.1 Å². The number of halogens is 2. The Balaban J connectivity index is 1.85. The van der Waals surface area contributed by atoms with Crippen molar-refractivity contribution >= 4 is 22.4 Å². The standard InChI is InChI=1S/C12H10F2N6S/c1-6-2-3-15-11(17-6)19-12-18-8(5-21-12)7-4-16-20-9(7)10(13)14/h2-5,10H,1H3,(H,16,20)(H,15,17,18,19). The van der Waals surface area contributed by atoms with Crippen LogP contribution in [0.25, 0.3) is 11.3 Å². The Hall–Kier alpha value is -2.42. The summed E-state index contributed by atoms with van der Waals surface area (Å²) >= 11 is 1.28. The lowest BCUT2D eigenvalue weighted by Gasteiger charge is -2.01. The zero-order valence-electron chi connectivity index (χ0n) is 10.8.